The van der Waals surface area contributed by atoms with Gasteiger partial charge in [0.15, 0.2) is 0 Å². The van der Waals surface area contributed by atoms with Crippen molar-refractivity contribution in [1.29, 1.82) is 0 Å². The standard InChI is InChI=1S/C20H27FN4O4S/c21-17-5-7-19(8-6-17)24-12-14-25(15-13-24)30(28,29)16-18(22-20(26)27)4-3-11-23-9-1-2-10-23/h5-8,18,22H,1-2,9-16H2,(H,26,27). The molecule has 2 fully saturated rings. The maximum atomic E-state index is 13.1. The molecular formula is C20H27FN4O4S. The maximum Gasteiger partial charge on any atom is 0.405 e. The molecule has 2 heterocycles. The van der Waals surface area contributed by atoms with Crippen molar-refractivity contribution in [3.63, 3.8) is 0 Å². The van der Waals surface area contributed by atoms with Crippen LogP contribution in [0.4, 0.5) is 14.9 Å². The minimum absolute atomic E-state index is 0.278. The van der Waals surface area contributed by atoms with Crippen LogP contribution in [0.1, 0.15) is 12.8 Å². The summed E-state index contributed by atoms with van der Waals surface area (Å²) < 4.78 is 40.1. The summed E-state index contributed by atoms with van der Waals surface area (Å²) in [6, 6.07) is 5.11. The molecular weight excluding hydrogens is 411 g/mol. The Morgan fingerprint density at radius 3 is 2.33 bits per heavy atom. The van der Waals surface area contributed by atoms with Crippen LogP contribution >= 0.6 is 0 Å². The Bertz CT molecular complexity index is 884. The average Bonchev–Trinajstić information content (AvgIpc) is 3.21. The average molecular weight is 439 g/mol. The SMILES string of the molecule is O=C(O)NC(C#CCN1CCCC1)CS(=O)(=O)N1CCN(c2ccc(F)cc2)CC1. The molecule has 164 valence electrons. The summed E-state index contributed by atoms with van der Waals surface area (Å²) in [5.74, 6) is 4.98. The van der Waals surface area contributed by atoms with E-state index in [-0.39, 0.29) is 18.9 Å². The molecule has 2 saturated heterocycles. The summed E-state index contributed by atoms with van der Waals surface area (Å²) in [6.07, 6.45) is 0.944. The van der Waals surface area contributed by atoms with E-state index in [1.165, 1.54) is 16.4 Å². The molecule has 0 radical (unpaired) electrons. The second kappa shape index (κ2) is 10.1. The van der Waals surface area contributed by atoms with Crippen LogP contribution in [0.3, 0.4) is 0 Å². The van der Waals surface area contributed by atoms with Crippen LogP contribution in [0.2, 0.25) is 0 Å². The number of nitrogens with zero attached hydrogens (tertiary/aromatic N) is 3. The highest BCUT2D eigenvalue weighted by molar-refractivity contribution is 7.89. The van der Waals surface area contributed by atoms with Crippen LogP contribution in [0.25, 0.3) is 0 Å². The van der Waals surface area contributed by atoms with Gasteiger partial charge in [-0.3, -0.25) is 4.90 Å². The number of hydrogen-bond acceptors (Lipinski definition) is 5. The van der Waals surface area contributed by atoms with E-state index in [1.54, 1.807) is 12.1 Å². The summed E-state index contributed by atoms with van der Waals surface area (Å²) in [5.41, 5.74) is 0.839. The fraction of sp³-hybridized carbons (Fsp3) is 0.550. The zero-order valence-corrected chi connectivity index (χ0v) is 17.6. The number of rotatable bonds is 6. The van der Waals surface area contributed by atoms with Crippen molar-refractivity contribution in [2.45, 2.75) is 18.9 Å². The summed E-state index contributed by atoms with van der Waals surface area (Å²) in [4.78, 5) is 15.2. The molecule has 2 aliphatic heterocycles. The van der Waals surface area contributed by atoms with E-state index in [0.29, 0.717) is 19.6 Å². The molecule has 2 aliphatic rings. The third-order valence-corrected chi connectivity index (χ3v) is 7.18. The van der Waals surface area contributed by atoms with Crippen LogP contribution < -0.4 is 10.2 Å². The Morgan fingerprint density at radius 2 is 1.73 bits per heavy atom. The molecule has 0 bridgehead atoms. The summed E-state index contributed by atoms with van der Waals surface area (Å²) >= 11 is 0. The lowest BCUT2D eigenvalue weighted by molar-refractivity contribution is 0.193. The van der Waals surface area contributed by atoms with Gasteiger partial charge in [0.1, 0.15) is 11.9 Å². The molecule has 8 nitrogen and oxygen atoms in total. The maximum absolute atomic E-state index is 13.1. The molecule has 30 heavy (non-hydrogen) atoms. The van der Waals surface area contributed by atoms with Crippen molar-refractivity contribution in [2.24, 2.45) is 0 Å². The van der Waals surface area contributed by atoms with Gasteiger partial charge in [0.05, 0.1) is 12.3 Å². The minimum atomic E-state index is -3.69. The number of sulfonamides is 1. The summed E-state index contributed by atoms with van der Waals surface area (Å²) in [7, 11) is -3.69. The van der Waals surface area contributed by atoms with Crippen LogP contribution in [0.15, 0.2) is 24.3 Å². The quantitative estimate of drug-likeness (QED) is 0.644. The van der Waals surface area contributed by atoms with Gasteiger partial charge in [-0.2, -0.15) is 4.31 Å². The van der Waals surface area contributed by atoms with Crippen molar-refractivity contribution in [3.05, 3.63) is 30.1 Å². The number of hydrogen-bond donors (Lipinski definition) is 2. The fourth-order valence-electron chi connectivity index (χ4n) is 3.68. The molecule has 3 rings (SSSR count). The third kappa shape index (κ3) is 6.32. The fourth-order valence-corrected chi connectivity index (χ4v) is 5.20. The number of likely N-dealkylation sites (tertiary alicyclic amines) is 1. The molecule has 1 unspecified atom stereocenters. The lowest BCUT2D eigenvalue weighted by Crippen LogP contribution is -2.51. The van der Waals surface area contributed by atoms with Gasteiger partial charge in [-0.05, 0) is 50.2 Å². The van der Waals surface area contributed by atoms with Crippen molar-refractivity contribution in [3.8, 4) is 11.8 Å². The first kappa shape index (κ1) is 22.3. The van der Waals surface area contributed by atoms with Gasteiger partial charge in [0, 0.05) is 31.9 Å². The number of piperazine rings is 1. The predicted molar refractivity (Wildman–Crippen MR) is 112 cm³/mol. The van der Waals surface area contributed by atoms with Crippen molar-refractivity contribution < 1.29 is 22.7 Å². The van der Waals surface area contributed by atoms with Crippen molar-refractivity contribution in [2.75, 3.05) is 56.5 Å². The second-order valence-corrected chi connectivity index (χ2v) is 9.46. The first-order valence-corrected chi connectivity index (χ1v) is 11.6. The first-order chi connectivity index (χ1) is 14.3. The highest BCUT2D eigenvalue weighted by Gasteiger charge is 2.29. The van der Waals surface area contributed by atoms with Crippen LogP contribution in [-0.2, 0) is 10.0 Å². The number of anilines is 1. The Hall–Kier alpha value is -2.35. The number of amides is 1. The normalized spacial score (nSPS) is 19.2. The van der Waals surface area contributed by atoms with E-state index in [4.69, 9.17) is 5.11 Å². The Kier molecular flexibility index (Phi) is 7.53. The van der Waals surface area contributed by atoms with Crippen LogP contribution in [0.5, 0.6) is 0 Å². The number of carboxylic acid groups (broad SMARTS) is 1. The van der Waals surface area contributed by atoms with E-state index < -0.39 is 27.9 Å². The molecule has 0 spiro atoms. The van der Waals surface area contributed by atoms with Gasteiger partial charge < -0.3 is 15.3 Å². The number of nitrogens with one attached hydrogen (secondary N) is 1. The van der Waals surface area contributed by atoms with Gasteiger partial charge >= 0.3 is 6.09 Å². The topological polar surface area (TPSA) is 93.2 Å². The van der Waals surface area contributed by atoms with Gasteiger partial charge in [-0.25, -0.2) is 17.6 Å². The largest absolute Gasteiger partial charge is 0.465 e. The number of benzene rings is 1. The van der Waals surface area contributed by atoms with Crippen LogP contribution in [-0.4, -0.2) is 86.4 Å². The summed E-state index contributed by atoms with van der Waals surface area (Å²) in [6.45, 7) is 3.94. The highest BCUT2D eigenvalue weighted by atomic mass is 32.2. The molecule has 1 aromatic rings. The molecule has 10 heteroatoms. The van der Waals surface area contributed by atoms with E-state index >= 15 is 0 Å². The van der Waals surface area contributed by atoms with E-state index in [0.717, 1.165) is 31.6 Å². The molecule has 1 amide bonds. The molecule has 0 aliphatic carbocycles. The number of carbonyl (C=O) groups is 1. The van der Waals surface area contributed by atoms with Gasteiger partial charge in [-0.1, -0.05) is 11.8 Å². The van der Waals surface area contributed by atoms with Crippen LogP contribution in [0, 0.1) is 17.7 Å². The molecule has 1 atom stereocenters. The third-order valence-electron chi connectivity index (χ3n) is 5.28. The Labute approximate surface area is 176 Å². The predicted octanol–water partition coefficient (Wildman–Crippen LogP) is 1.01. The molecule has 2 N–H and O–H groups in total. The zero-order chi connectivity index (χ0) is 21.6. The van der Waals surface area contributed by atoms with Gasteiger partial charge in [0.25, 0.3) is 0 Å². The van der Waals surface area contributed by atoms with Gasteiger partial charge in [0.2, 0.25) is 10.0 Å². The first-order valence-electron chi connectivity index (χ1n) is 10.0. The zero-order valence-electron chi connectivity index (χ0n) is 16.8. The Balaban J connectivity index is 1.58. The Morgan fingerprint density at radius 1 is 1.10 bits per heavy atom. The summed E-state index contributed by atoms with van der Waals surface area (Å²) in [5, 5.41) is 11.3. The number of halogens is 1. The van der Waals surface area contributed by atoms with Crippen molar-refractivity contribution >= 4 is 21.8 Å². The minimum Gasteiger partial charge on any atom is -0.465 e. The highest BCUT2D eigenvalue weighted by Crippen LogP contribution is 2.18. The van der Waals surface area contributed by atoms with E-state index in [1.807, 2.05) is 4.90 Å². The lowest BCUT2D eigenvalue weighted by Gasteiger charge is -2.35. The van der Waals surface area contributed by atoms with E-state index in [9.17, 15) is 17.6 Å². The molecule has 0 saturated carbocycles. The molecule has 0 aromatic heterocycles. The van der Waals surface area contributed by atoms with Gasteiger partial charge in [-0.15, -0.1) is 0 Å². The van der Waals surface area contributed by atoms with Crippen molar-refractivity contribution in [1.82, 2.24) is 14.5 Å². The van der Waals surface area contributed by atoms with E-state index in [2.05, 4.69) is 22.1 Å². The second-order valence-electron chi connectivity index (χ2n) is 7.45. The lowest BCUT2D eigenvalue weighted by atomic mass is 10.2. The smallest absolute Gasteiger partial charge is 0.405 e. The monoisotopic (exact) mass is 438 g/mol. The molecule has 1 aromatic carbocycles.